The molecule has 0 spiro atoms. The van der Waals surface area contributed by atoms with Gasteiger partial charge in [0.1, 0.15) is 5.82 Å². The molecule has 2 aromatic carbocycles. The maximum atomic E-state index is 13.4. The van der Waals surface area contributed by atoms with E-state index in [1.807, 2.05) is 0 Å². The summed E-state index contributed by atoms with van der Waals surface area (Å²) in [6.07, 6.45) is -1.15. The molecule has 0 aliphatic rings. The zero-order valence-electron chi connectivity index (χ0n) is 10.0. The Morgan fingerprint density at radius 2 is 1.85 bits per heavy atom. The minimum atomic E-state index is -1.14. The number of aliphatic hydroxyl groups is 1. The topological polar surface area (TPSA) is 20.2 Å². The Labute approximate surface area is 127 Å². The monoisotopic (exact) mass is 364 g/mol. The minimum Gasteiger partial charge on any atom is -0.388 e. The number of hydrogen-bond donors (Lipinski definition) is 1. The molecule has 106 valence electrons. The Kier molecular flexibility index (Phi) is 4.73. The fourth-order valence-corrected chi connectivity index (χ4v) is 2.60. The number of benzene rings is 2. The first kappa shape index (κ1) is 15.4. The van der Waals surface area contributed by atoms with E-state index in [0.717, 1.165) is 6.07 Å². The Morgan fingerprint density at radius 1 is 1.15 bits per heavy atom. The van der Waals surface area contributed by atoms with Crippen LogP contribution in [-0.2, 0) is 6.42 Å². The Morgan fingerprint density at radius 3 is 2.55 bits per heavy atom. The summed E-state index contributed by atoms with van der Waals surface area (Å²) in [5.41, 5.74) is 0.556. The summed E-state index contributed by atoms with van der Waals surface area (Å²) in [4.78, 5) is 0. The van der Waals surface area contributed by atoms with Gasteiger partial charge in [-0.15, -0.1) is 0 Å². The molecular formula is C14H9BrClF3O. The molecule has 0 heterocycles. The van der Waals surface area contributed by atoms with Crippen molar-refractivity contribution in [3.8, 4) is 0 Å². The molecule has 1 atom stereocenters. The van der Waals surface area contributed by atoms with E-state index in [9.17, 15) is 18.3 Å². The quantitative estimate of drug-likeness (QED) is 0.775. The van der Waals surface area contributed by atoms with Crippen molar-refractivity contribution in [3.05, 3.63) is 68.4 Å². The third-order valence-corrected chi connectivity index (χ3v) is 4.02. The largest absolute Gasteiger partial charge is 0.388 e. The Bertz CT molecular complexity index is 649. The van der Waals surface area contributed by atoms with Crippen molar-refractivity contribution in [3.63, 3.8) is 0 Å². The molecule has 0 aliphatic heterocycles. The lowest BCUT2D eigenvalue weighted by Gasteiger charge is -2.14. The van der Waals surface area contributed by atoms with Gasteiger partial charge in [-0.2, -0.15) is 0 Å². The van der Waals surface area contributed by atoms with Gasteiger partial charge >= 0.3 is 0 Å². The Hall–Kier alpha value is -1.04. The van der Waals surface area contributed by atoms with E-state index in [1.54, 1.807) is 0 Å². The summed E-state index contributed by atoms with van der Waals surface area (Å²) < 4.78 is 39.4. The lowest BCUT2D eigenvalue weighted by atomic mass is 10.0. The summed E-state index contributed by atoms with van der Waals surface area (Å²) in [5.74, 6) is -2.58. The maximum Gasteiger partial charge on any atom is 0.173 e. The van der Waals surface area contributed by atoms with Crippen molar-refractivity contribution in [1.82, 2.24) is 0 Å². The van der Waals surface area contributed by atoms with Crippen LogP contribution in [0.4, 0.5) is 13.2 Å². The molecule has 1 unspecified atom stereocenters. The van der Waals surface area contributed by atoms with Crippen LogP contribution in [0.2, 0.25) is 5.02 Å². The van der Waals surface area contributed by atoms with Gasteiger partial charge in [-0.1, -0.05) is 17.7 Å². The zero-order chi connectivity index (χ0) is 14.9. The van der Waals surface area contributed by atoms with E-state index in [4.69, 9.17) is 11.6 Å². The summed E-state index contributed by atoms with van der Waals surface area (Å²) in [7, 11) is 0. The van der Waals surface area contributed by atoms with Crippen molar-refractivity contribution in [1.29, 1.82) is 0 Å². The highest BCUT2D eigenvalue weighted by Gasteiger charge is 2.18. The fourth-order valence-electron chi connectivity index (χ4n) is 1.82. The van der Waals surface area contributed by atoms with E-state index in [1.165, 1.54) is 24.3 Å². The van der Waals surface area contributed by atoms with Crippen molar-refractivity contribution in [2.24, 2.45) is 0 Å². The third-order valence-electron chi connectivity index (χ3n) is 2.85. The SMILES string of the molecule is OC(Cc1cc(F)ccc1Cl)c1ccc(F)c(F)c1Br. The van der Waals surface area contributed by atoms with E-state index >= 15 is 0 Å². The van der Waals surface area contributed by atoms with Crippen molar-refractivity contribution in [2.45, 2.75) is 12.5 Å². The molecule has 0 saturated heterocycles. The zero-order valence-corrected chi connectivity index (χ0v) is 12.4. The van der Waals surface area contributed by atoms with E-state index < -0.39 is 23.6 Å². The molecule has 0 amide bonds. The predicted molar refractivity (Wildman–Crippen MR) is 74.1 cm³/mol. The first-order chi connectivity index (χ1) is 9.40. The number of halogens is 5. The van der Waals surface area contributed by atoms with Gasteiger partial charge in [0, 0.05) is 11.4 Å². The minimum absolute atomic E-state index is 0.0136. The second-order valence-electron chi connectivity index (χ2n) is 4.22. The first-order valence-electron chi connectivity index (χ1n) is 5.65. The van der Waals surface area contributed by atoms with Gasteiger partial charge in [-0.25, -0.2) is 13.2 Å². The van der Waals surface area contributed by atoms with Gasteiger partial charge in [-0.3, -0.25) is 0 Å². The average molecular weight is 366 g/mol. The summed E-state index contributed by atoms with van der Waals surface area (Å²) >= 11 is 8.80. The van der Waals surface area contributed by atoms with E-state index in [0.29, 0.717) is 10.6 Å². The molecule has 2 rings (SSSR count). The van der Waals surface area contributed by atoms with Crippen LogP contribution in [0.5, 0.6) is 0 Å². The van der Waals surface area contributed by atoms with Gasteiger partial charge in [0.2, 0.25) is 0 Å². The molecule has 0 bridgehead atoms. The molecule has 0 aliphatic carbocycles. The van der Waals surface area contributed by atoms with Crippen LogP contribution in [0.1, 0.15) is 17.2 Å². The summed E-state index contributed by atoms with van der Waals surface area (Å²) in [6.45, 7) is 0. The van der Waals surface area contributed by atoms with Crippen LogP contribution < -0.4 is 0 Å². The van der Waals surface area contributed by atoms with Gasteiger partial charge in [0.15, 0.2) is 11.6 Å². The average Bonchev–Trinajstić information content (AvgIpc) is 2.40. The summed E-state index contributed by atoms with van der Waals surface area (Å²) in [6, 6.07) is 5.95. The highest BCUT2D eigenvalue weighted by Crippen LogP contribution is 2.31. The lowest BCUT2D eigenvalue weighted by Crippen LogP contribution is -2.05. The fraction of sp³-hybridized carbons (Fsp3) is 0.143. The van der Waals surface area contributed by atoms with Crippen molar-refractivity contribution in [2.75, 3.05) is 0 Å². The maximum absolute atomic E-state index is 13.4. The smallest absolute Gasteiger partial charge is 0.173 e. The summed E-state index contributed by atoms with van der Waals surface area (Å²) in [5, 5.41) is 10.4. The molecule has 1 nitrogen and oxygen atoms in total. The van der Waals surface area contributed by atoms with E-state index in [2.05, 4.69) is 15.9 Å². The predicted octanol–water partition coefficient (Wildman–Crippen LogP) is 4.80. The molecule has 1 N–H and O–H groups in total. The molecule has 2 aromatic rings. The Balaban J connectivity index is 2.31. The van der Waals surface area contributed by atoms with Gasteiger partial charge < -0.3 is 5.11 Å². The van der Waals surface area contributed by atoms with E-state index in [-0.39, 0.29) is 16.5 Å². The highest BCUT2D eigenvalue weighted by atomic mass is 79.9. The van der Waals surface area contributed by atoms with Crippen LogP contribution >= 0.6 is 27.5 Å². The lowest BCUT2D eigenvalue weighted by molar-refractivity contribution is 0.177. The molecule has 0 radical (unpaired) electrons. The number of rotatable bonds is 3. The van der Waals surface area contributed by atoms with Crippen molar-refractivity contribution >= 4 is 27.5 Å². The molecule has 0 aromatic heterocycles. The van der Waals surface area contributed by atoms with Crippen LogP contribution in [0.25, 0.3) is 0 Å². The molecular weight excluding hydrogens is 357 g/mol. The van der Waals surface area contributed by atoms with Crippen molar-refractivity contribution < 1.29 is 18.3 Å². The highest BCUT2D eigenvalue weighted by molar-refractivity contribution is 9.10. The van der Waals surface area contributed by atoms with Gasteiger partial charge in [0.05, 0.1) is 10.6 Å². The first-order valence-corrected chi connectivity index (χ1v) is 6.82. The second kappa shape index (κ2) is 6.16. The third kappa shape index (κ3) is 3.16. The second-order valence-corrected chi connectivity index (χ2v) is 5.42. The normalized spacial score (nSPS) is 12.5. The van der Waals surface area contributed by atoms with Gasteiger partial charge in [0.25, 0.3) is 0 Å². The number of aliphatic hydroxyl groups excluding tert-OH is 1. The molecule has 0 saturated carbocycles. The molecule has 0 fully saturated rings. The standard InChI is InChI=1S/C14H9BrClF3O/c15-13-9(2-4-11(18)14(13)19)12(20)6-7-5-8(17)1-3-10(7)16/h1-5,12,20H,6H2. The van der Waals surface area contributed by atoms with Gasteiger partial charge in [-0.05, 0) is 51.3 Å². The molecule has 20 heavy (non-hydrogen) atoms. The molecule has 6 heteroatoms. The van der Waals surface area contributed by atoms with Crippen LogP contribution in [0.15, 0.2) is 34.8 Å². The number of hydrogen-bond acceptors (Lipinski definition) is 1. The van der Waals surface area contributed by atoms with Crippen LogP contribution in [0.3, 0.4) is 0 Å². The van der Waals surface area contributed by atoms with Crippen LogP contribution in [-0.4, -0.2) is 5.11 Å². The van der Waals surface area contributed by atoms with Crippen LogP contribution in [0, 0.1) is 17.5 Å².